The first-order chi connectivity index (χ1) is 5.20. The van der Waals surface area contributed by atoms with E-state index >= 15 is 0 Å². The molecule has 0 aromatic rings. The van der Waals surface area contributed by atoms with Crippen molar-refractivity contribution in [2.45, 2.75) is 0 Å². The van der Waals surface area contributed by atoms with E-state index in [1.165, 1.54) is 0 Å². The molecule has 1 radical (unpaired) electrons. The van der Waals surface area contributed by atoms with E-state index in [0.717, 1.165) is 0 Å². The molecular formula is N3O9U. The Morgan fingerprint density at radius 2 is 0.538 bits per heavy atom. The van der Waals surface area contributed by atoms with Crippen molar-refractivity contribution < 1.29 is 46.4 Å². The Labute approximate surface area is 92.5 Å². The van der Waals surface area contributed by atoms with Crippen molar-refractivity contribution in [3.05, 3.63) is 46.0 Å². The molecule has 0 N–H and O–H groups in total. The fourth-order valence-corrected chi connectivity index (χ4v) is 0. The minimum atomic E-state index is -1.75. The van der Waals surface area contributed by atoms with Crippen molar-refractivity contribution in [3.63, 3.8) is 0 Å². The maximum Gasteiger partial charge on any atom is 3.00 e. The first-order valence-electron chi connectivity index (χ1n) is 1.64. The fourth-order valence-electron chi connectivity index (χ4n) is 0. The molecule has 0 heterocycles. The van der Waals surface area contributed by atoms with Gasteiger partial charge in [0, 0.05) is 0 Å². The molecule has 0 bridgehead atoms. The Morgan fingerprint density at radius 3 is 0.538 bits per heavy atom. The van der Waals surface area contributed by atoms with E-state index in [9.17, 15) is 0 Å². The van der Waals surface area contributed by atoms with Crippen molar-refractivity contribution in [1.82, 2.24) is 0 Å². The second kappa shape index (κ2) is 16.9. The van der Waals surface area contributed by atoms with E-state index in [4.69, 9.17) is 46.0 Å². The molecule has 0 rings (SSSR count). The zero-order chi connectivity index (χ0) is 10.7. The van der Waals surface area contributed by atoms with Gasteiger partial charge in [-0.05, 0) is 0 Å². The molecule has 13 heavy (non-hydrogen) atoms. The second-order valence-corrected chi connectivity index (χ2v) is 0.671. The van der Waals surface area contributed by atoms with Gasteiger partial charge in [-0.1, -0.05) is 0 Å². The standard InChI is InChI=1S/3NO3.U/c3*2-1(3)4;/q3*-1;+3. The third-order valence-corrected chi connectivity index (χ3v) is 0. The maximum atomic E-state index is 8.25. The van der Waals surface area contributed by atoms with Gasteiger partial charge in [0.25, 0.3) is 0 Å². The fraction of sp³-hybridized carbons (Fsp3) is 0. The van der Waals surface area contributed by atoms with Crippen LogP contribution in [-0.2, 0) is 0 Å². The topological polar surface area (TPSA) is 199 Å². The van der Waals surface area contributed by atoms with Gasteiger partial charge in [-0.15, -0.1) is 0 Å². The number of hydrogen-bond donors (Lipinski definition) is 0. The van der Waals surface area contributed by atoms with Crippen LogP contribution in [0.4, 0.5) is 0 Å². The van der Waals surface area contributed by atoms with Gasteiger partial charge in [-0.25, -0.2) is 0 Å². The van der Waals surface area contributed by atoms with Crippen molar-refractivity contribution in [2.75, 3.05) is 0 Å². The Morgan fingerprint density at radius 1 is 0.538 bits per heavy atom. The Bertz CT molecular complexity index is 112. The zero-order valence-electron chi connectivity index (χ0n) is 5.52. The summed E-state index contributed by atoms with van der Waals surface area (Å²) in [4.78, 5) is 24.8. The predicted octanol–water partition coefficient (Wildman–Crippen LogP) is -0.717. The van der Waals surface area contributed by atoms with Crippen LogP contribution >= 0.6 is 0 Å². The largest absolute Gasteiger partial charge is 3.00 e. The molecule has 0 atom stereocenters. The zero-order valence-corrected chi connectivity index (χ0v) is 9.68. The van der Waals surface area contributed by atoms with Crippen LogP contribution in [-0.4, -0.2) is 15.3 Å². The minimum Gasteiger partial charge on any atom is -0.356 e. The minimum absolute atomic E-state index is 0. The van der Waals surface area contributed by atoms with Crippen molar-refractivity contribution >= 4 is 0 Å². The second-order valence-electron chi connectivity index (χ2n) is 0.671. The van der Waals surface area contributed by atoms with Gasteiger partial charge in [0.1, 0.15) is 0 Å². The van der Waals surface area contributed by atoms with E-state index in [1.54, 1.807) is 0 Å². The van der Waals surface area contributed by atoms with Crippen LogP contribution < -0.4 is 0 Å². The molecule has 0 aliphatic carbocycles. The Kier molecular flexibility index (Phi) is 29.4. The van der Waals surface area contributed by atoms with E-state index < -0.39 is 15.3 Å². The van der Waals surface area contributed by atoms with Gasteiger partial charge >= 0.3 is 31.1 Å². The van der Waals surface area contributed by atoms with Crippen molar-refractivity contribution in [3.8, 4) is 0 Å². The Balaban J connectivity index is -0.0000000450. The molecular weight excluding hydrogens is 424 g/mol. The van der Waals surface area contributed by atoms with Crippen LogP contribution in [0, 0.1) is 77.1 Å². The third-order valence-electron chi connectivity index (χ3n) is 0. The molecule has 0 spiro atoms. The van der Waals surface area contributed by atoms with Crippen LogP contribution in [0.2, 0.25) is 0 Å². The molecule has 0 fully saturated rings. The normalized spacial score (nSPS) is 5.54. The summed E-state index contributed by atoms with van der Waals surface area (Å²) >= 11 is 0. The van der Waals surface area contributed by atoms with E-state index in [1.807, 2.05) is 0 Å². The molecule has 12 nitrogen and oxygen atoms in total. The third kappa shape index (κ3) is 439. The van der Waals surface area contributed by atoms with Crippen LogP contribution in [0.1, 0.15) is 0 Å². The van der Waals surface area contributed by atoms with Gasteiger partial charge in [0.2, 0.25) is 0 Å². The predicted molar refractivity (Wildman–Crippen MR) is 31.1 cm³/mol. The molecule has 73 valence electrons. The molecule has 0 aromatic carbocycles. The number of rotatable bonds is 0. The van der Waals surface area contributed by atoms with Gasteiger partial charge in [0.05, 0.1) is 15.3 Å². The molecule has 0 aliphatic rings. The quantitative estimate of drug-likeness (QED) is 0.356. The summed E-state index contributed by atoms with van der Waals surface area (Å²) in [6, 6.07) is 0. The van der Waals surface area contributed by atoms with Crippen molar-refractivity contribution in [2.24, 2.45) is 0 Å². The van der Waals surface area contributed by atoms with Crippen LogP contribution in [0.3, 0.4) is 0 Å². The first-order valence-corrected chi connectivity index (χ1v) is 1.64. The summed E-state index contributed by atoms with van der Waals surface area (Å²) in [5.41, 5.74) is 0. The SMILES string of the molecule is O=[N+]([O-])[O-].O=[N+]([O-])[O-].O=[N+]([O-])[O-].[U+3]. The van der Waals surface area contributed by atoms with Crippen LogP contribution in [0.15, 0.2) is 0 Å². The van der Waals surface area contributed by atoms with E-state index in [-0.39, 0.29) is 31.1 Å². The average Bonchev–Trinajstić information content (AvgIpc) is 1.54. The van der Waals surface area contributed by atoms with Gasteiger partial charge in [0.15, 0.2) is 0 Å². The van der Waals surface area contributed by atoms with E-state index in [0.29, 0.717) is 0 Å². The van der Waals surface area contributed by atoms with Gasteiger partial charge in [-0.2, -0.15) is 0 Å². The maximum absolute atomic E-state index is 8.25. The molecule has 0 unspecified atom stereocenters. The summed E-state index contributed by atoms with van der Waals surface area (Å²) < 4.78 is 0. The molecule has 0 saturated heterocycles. The summed E-state index contributed by atoms with van der Waals surface area (Å²) in [6.07, 6.45) is 0. The number of nitrogens with zero attached hydrogens (tertiary/aromatic N) is 3. The summed E-state index contributed by atoms with van der Waals surface area (Å²) in [5, 5.41) is 44.2. The molecule has 0 aliphatic heterocycles. The van der Waals surface area contributed by atoms with Gasteiger partial charge in [-0.3, -0.25) is 0 Å². The summed E-state index contributed by atoms with van der Waals surface area (Å²) in [7, 11) is 0. The smallest absolute Gasteiger partial charge is 0.356 e. The van der Waals surface area contributed by atoms with Crippen LogP contribution in [0.25, 0.3) is 0 Å². The Hall–Kier alpha value is -1.35. The molecule has 0 aromatic heterocycles. The van der Waals surface area contributed by atoms with E-state index in [2.05, 4.69) is 0 Å². The monoisotopic (exact) mass is 424 g/mol. The summed E-state index contributed by atoms with van der Waals surface area (Å²) in [5.74, 6) is 0. The molecule has 0 saturated carbocycles. The first kappa shape index (κ1) is 22.6. The number of hydrogen-bond acceptors (Lipinski definition) is 9. The van der Waals surface area contributed by atoms with Gasteiger partial charge < -0.3 is 46.0 Å². The molecule has 0 amide bonds. The van der Waals surface area contributed by atoms with Crippen molar-refractivity contribution in [1.29, 1.82) is 0 Å². The summed E-state index contributed by atoms with van der Waals surface area (Å²) in [6.45, 7) is 0. The molecule has 13 heteroatoms. The van der Waals surface area contributed by atoms with Crippen LogP contribution in [0.5, 0.6) is 0 Å². The average molecular weight is 424 g/mol.